The fraction of sp³-hybridized carbons (Fsp3) is 0.105. The standard InChI is InChI=1S/C19H13Cl3O3/c1-2-9-24-19(23)8-4-13-3-7-18(17(22)10-13)25-12-14-5-6-15(20)11-16(14)21/h1,3-8,10-11H,9,12H2/b8-4+. The summed E-state index contributed by atoms with van der Waals surface area (Å²) in [6.45, 7) is 0.188. The van der Waals surface area contributed by atoms with Crippen molar-refractivity contribution in [3.8, 4) is 18.1 Å². The number of halogens is 3. The van der Waals surface area contributed by atoms with Crippen LogP contribution >= 0.6 is 34.8 Å². The number of carbonyl (C=O) groups is 1. The van der Waals surface area contributed by atoms with E-state index in [9.17, 15) is 4.79 Å². The van der Waals surface area contributed by atoms with Crippen LogP contribution in [-0.4, -0.2) is 12.6 Å². The summed E-state index contributed by atoms with van der Waals surface area (Å²) in [7, 11) is 0. The predicted octanol–water partition coefficient (Wildman–Crippen LogP) is 5.42. The molecule has 0 unspecified atom stereocenters. The van der Waals surface area contributed by atoms with Gasteiger partial charge in [0.2, 0.25) is 0 Å². The SMILES string of the molecule is C#CCOC(=O)/C=C/c1ccc(OCc2ccc(Cl)cc2Cl)c(Cl)c1. The first-order valence-corrected chi connectivity index (χ1v) is 8.27. The Bertz CT molecular complexity index is 838. The molecule has 0 aliphatic heterocycles. The van der Waals surface area contributed by atoms with Crippen LogP contribution in [0.2, 0.25) is 15.1 Å². The van der Waals surface area contributed by atoms with Crippen molar-refractivity contribution in [1.29, 1.82) is 0 Å². The van der Waals surface area contributed by atoms with Gasteiger partial charge in [0.25, 0.3) is 0 Å². The molecule has 0 aliphatic carbocycles. The number of esters is 1. The van der Waals surface area contributed by atoms with Crippen molar-refractivity contribution >= 4 is 46.8 Å². The minimum Gasteiger partial charge on any atom is -0.487 e. The van der Waals surface area contributed by atoms with Crippen LogP contribution in [0.3, 0.4) is 0 Å². The van der Waals surface area contributed by atoms with Gasteiger partial charge in [-0.2, -0.15) is 0 Å². The molecule has 2 aromatic rings. The molecule has 0 heterocycles. The summed E-state index contributed by atoms with van der Waals surface area (Å²) in [5, 5.41) is 1.49. The summed E-state index contributed by atoms with van der Waals surface area (Å²) in [6, 6.07) is 10.3. The number of rotatable bonds is 6. The summed E-state index contributed by atoms with van der Waals surface area (Å²) >= 11 is 18.2. The molecular weight excluding hydrogens is 383 g/mol. The summed E-state index contributed by atoms with van der Waals surface area (Å²) in [5.74, 6) is 2.19. The lowest BCUT2D eigenvalue weighted by atomic mass is 10.2. The normalized spacial score (nSPS) is 10.5. The topological polar surface area (TPSA) is 35.5 Å². The first kappa shape index (κ1) is 19.2. The number of terminal acetylenes is 1. The largest absolute Gasteiger partial charge is 0.487 e. The highest BCUT2D eigenvalue weighted by atomic mass is 35.5. The molecule has 0 radical (unpaired) electrons. The van der Waals surface area contributed by atoms with Crippen molar-refractivity contribution in [1.82, 2.24) is 0 Å². The lowest BCUT2D eigenvalue weighted by Gasteiger charge is -2.10. The Morgan fingerprint density at radius 2 is 1.92 bits per heavy atom. The van der Waals surface area contributed by atoms with Crippen LogP contribution in [0.4, 0.5) is 0 Å². The van der Waals surface area contributed by atoms with Crippen LogP contribution in [-0.2, 0) is 16.1 Å². The highest BCUT2D eigenvalue weighted by Crippen LogP contribution is 2.28. The molecule has 2 aromatic carbocycles. The van der Waals surface area contributed by atoms with Gasteiger partial charge >= 0.3 is 5.97 Å². The van der Waals surface area contributed by atoms with Gasteiger partial charge < -0.3 is 9.47 Å². The number of benzene rings is 2. The Labute approximate surface area is 161 Å². The lowest BCUT2D eigenvalue weighted by Crippen LogP contribution is -2.00. The van der Waals surface area contributed by atoms with E-state index in [4.69, 9.17) is 50.7 Å². The van der Waals surface area contributed by atoms with E-state index < -0.39 is 5.97 Å². The molecule has 0 saturated carbocycles. The number of ether oxygens (including phenoxy) is 2. The molecular formula is C19H13Cl3O3. The van der Waals surface area contributed by atoms with E-state index in [1.165, 1.54) is 6.08 Å². The van der Waals surface area contributed by atoms with Gasteiger partial charge in [-0.05, 0) is 35.9 Å². The smallest absolute Gasteiger partial charge is 0.331 e. The van der Waals surface area contributed by atoms with E-state index in [2.05, 4.69) is 5.92 Å². The molecule has 25 heavy (non-hydrogen) atoms. The predicted molar refractivity (Wildman–Crippen MR) is 101 cm³/mol. The first-order chi connectivity index (χ1) is 12.0. The molecule has 0 atom stereocenters. The summed E-state index contributed by atoms with van der Waals surface area (Å²) in [5.41, 5.74) is 1.52. The third-order valence-electron chi connectivity index (χ3n) is 3.06. The zero-order chi connectivity index (χ0) is 18.2. The van der Waals surface area contributed by atoms with E-state index in [0.29, 0.717) is 20.8 Å². The van der Waals surface area contributed by atoms with Crippen molar-refractivity contribution in [2.45, 2.75) is 6.61 Å². The molecule has 2 rings (SSSR count). The van der Waals surface area contributed by atoms with Gasteiger partial charge in [0.1, 0.15) is 12.4 Å². The Kier molecular flexibility index (Phi) is 7.21. The fourth-order valence-electron chi connectivity index (χ4n) is 1.86. The molecule has 0 saturated heterocycles. The van der Waals surface area contributed by atoms with Crippen LogP contribution in [0.5, 0.6) is 5.75 Å². The van der Waals surface area contributed by atoms with Crippen LogP contribution < -0.4 is 4.74 Å². The maximum absolute atomic E-state index is 11.4. The number of hydrogen-bond donors (Lipinski definition) is 0. The molecule has 0 bridgehead atoms. The average Bonchev–Trinajstić information content (AvgIpc) is 2.58. The molecule has 6 heteroatoms. The summed E-state index contributed by atoms with van der Waals surface area (Å²) in [4.78, 5) is 11.4. The number of carbonyl (C=O) groups excluding carboxylic acids is 1. The van der Waals surface area contributed by atoms with Gasteiger partial charge in [-0.3, -0.25) is 0 Å². The van der Waals surface area contributed by atoms with E-state index in [1.54, 1.807) is 42.5 Å². The molecule has 128 valence electrons. The van der Waals surface area contributed by atoms with Crippen molar-refractivity contribution in [3.05, 3.63) is 68.7 Å². The van der Waals surface area contributed by atoms with Gasteiger partial charge in [0.05, 0.1) is 5.02 Å². The molecule has 0 aliphatic rings. The minimum atomic E-state index is -0.522. The third-order valence-corrected chi connectivity index (χ3v) is 3.95. The second kappa shape index (κ2) is 9.39. The van der Waals surface area contributed by atoms with Crippen molar-refractivity contribution in [2.75, 3.05) is 6.61 Å². The van der Waals surface area contributed by atoms with Gasteiger partial charge in [-0.15, -0.1) is 6.42 Å². The Balaban J connectivity index is 2.00. The van der Waals surface area contributed by atoms with Crippen molar-refractivity contribution < 1.29 is 14.3 Å². The lowest BCUT2D eigenvalue weighted by molar-refractivity contribution is -0.136. The van der Waals surface area contributed by atoms with E-state index in [1.807, 2.05) is 0 Å². The van der Waals surface area contributed by atoms with Crippen LogP contribution in [0.15, 0.2) is 42.5 Å². The van der Waals surface area contributed by atoms with Gasteiger partial charge in [0.15, 0.2) is 6.61 Å². The quantitative estimate of drug-likeness (QED) is 0.372. The van der Waals surface area contributed by atoms with Crippen molar-refractivity contribution in [2.24, 2.45) is 0 Å². The zero-order valence-electron chi connectivity index (χ0n) is 13.0. The van der Waals surface area contributed by atoms with Gasteiger partial charge in [0, 0.05) is 21.7 Å². The molecule has 3 nitrogen and oxygen atoms in total. The fourth-order valence-corrected chi connectivity index (χ4v) is 2.56. The minimum absolute atomic E-state index is 0.0655. The van der Waals surface area contributed by atoms with E-state index in [0.717, 1.165) is 11.1 Å². The average molecular weight is 396 g/mol. The first-order valence-electron chi connectivity index (χ1n) is 7.14. The molecule has 0 N–H and O–H groups in total. The van der Waals surface area contributed by atoms with Gasteiger partial charge in [-0.1, -0.05) is 52.9 Å². The highest BCUT2D eigenvalue weighted by molar-refractivity contribution is 6.35. The number of hydrogen-bond acceptors (Lipinski definition) is 3. The summed E-state index contributed by atoms with van der Waals surface area (Å²) < 4.78 is 10.4. The van der Waals surface area contributed by atoms with Gasteiger partial charge in [-0.25, -0.2) is 4.79 Å². The van der Waals surface area contributed by atoms with Crippen LogP contribution in [0.25, 0.3) is 6.08 Å². The van der Waals surface area contributed by atoms with Crippen molar-refractivity contribution in [3.63, 3.8) is 0 Å². The third kappa shape index (κ3) is 6.03. The Hall–Kier alpha value is -2.12. The molecule has 0 amide bonds. The van der Waals surface area contributed by atoms with Crippen LogP contribution in [0, 0.1) is 12.3 Å². The molecule has 0 fully saturated rings. The second-order valence-electron chi connectivity index (χ2n) is 4.86. The second-order valence-corrected chi connectivity index (χ2v) is 6.11. The maximum atomic E-state index is 11.4. The Morgan fingerprint density at radius 3 is 2.60 bits per heavy atom. The molecule has 0 aromatic heterocycles. The zero-order valence-corrected chi connectivity index (χ0v) is 15.2. The monoisotopic (exact) mass is 394 g/mol. The van der Waals surface area contributed by atoms with E-state index >= 15 is 0 Å². The highest BCUT2D eigenvalue weighted by Gasteiger charge is 2.06. The molecule has 0 spiro atoms. The summed E-state index contributed by atoms with van der Waals surface area (Å²) in [6.07, 6.45) is 7.86. The Morgan fingerprint density at radius 1 is 1.12 bits per heavy atom. The van der Waals surface area contributed by atoms with Crippen LogP contribution in [0.1, 0.15) is 11.1 Å². The maximum Gasteiger partial charge on any atom is 0.331 e. The van der Waals surface area contributed by atoms with E-state index in [-0.39, 0.29) is 13.2 Å².